The average molecular weight is 492 g/mol. The van der Waals surface area contributed by atoms with Gasteiger partial charge in [0.05, 0.1) is 28.1 Å². The van der Waals surface area contributed by atoms with Gasteiger partial charge in [0.25, 0.3) is 5.91 Å². The molecule has 2 aromatic carbocycles. The molecule has 4 aromatic rings. The number of anilines is 1. The Morgan fingerprint density at radius 2 is 1.76 bits per heavy atom. The van der Waals surface area contributed by atoms with Crippen molar-refractivity contribution in [3.8, 4) is 21.7 Å². The highest BCUT2D eigenvalue weighted by Gasteiger charge is 2.28. The Morgan fingerprint density at radius 3 is 2.47 bits per heavy atom. The van der Waals surface area contributed by atoms with Crippen molar-refractivity contribution in [3.63, 3.8) is 0 Å². The number of aromatic nitrogens is 2. The number of carbonyl (C=O) groups excluding carboxylic acids is 2. The van der Waals surface area contributed by atoms with Crippen molar-refractivity contribution >= 4 is 40.2 Å². The molecule has 0 aliphatic rings. The number of carbonyl (C=O) groups is 2. The monoisotopic (exact) mass is 491 g/mol. The quantitative estimate of drug-likeness (QED) is 0.292. The van der Waals surface area contributed by atoms with Crippen LogP contribution in [0.4, 0.5) is 5.69 Å². The second-order valence-corrected chi connectivity index (χ2v) is 10.4. The maximum atomic E-state index is 12.6. The van der Waals surface area contributed by atoms with E-state index in [1.54, 1.807) is 11.3 Å². The van der Waals surface area contributed by atoms with Crippen LogP contribution in [0, 0.1) is 5.41 Å². The topological polar surface area (TPSA) is 81.2 Å². The van der Waals surface area contributed by atoms with Gasteiger partial charge in [-0.15, -0.1) is 22.7 Å². The third kappa shape index (κ3) is 5.58. The smallest absolute Gasteiger partial charge is 0.311 e. The van der Waals surface area contributed by atoms with Crippen LogP contribution in [0.15, 0.2) is 66.2 Å². The molecule has 0 fully saturated rings. The highest BCUT2D eigenvalue weighted by molar-refractivity contribution is 7.15. The van der Waals surface area contributed by atoms with E-state index in [1.165, 1.54) is 18.4 Å². The molecular formula is C26H25N3O3S2. The molecular weight excluding hydrogens is 466 g/mol. The number of esters is 1. The molecule has 2 aromatic heterocycles. The zero-order chi connectivity index (χ0) is 24.1. The van der Waals surface area contributed by atoms with Crippen molar-refractivity contribution in [1.82, 2.24) is 9.97 Å². The first-order chi connectivity index (χ1) is 16.4. The van der Waals surface area contributed by atoms with Gasteiger partial charge in [-0.2, -0.15) is 0 Å². The highest BCUT2D eigenvalue weighted by Crippen LogP contribution is 2.31. The van der Waals surface area contributed by atoms with Gasteiger partial charge in [0.1, 0.15) is 0 Å². The lowest BCUT2D eigenvalue weighted by atomic mass is 9.88. The molecule has 0 spiro atoms. The number of aryl methyl sites for hydroxylation is 1. The molecule has 0 aliphatic heterocycles. The van der Waals surface area contributed by atoms with Crippen LogP contribution in [-0.4, -0.2) is 29.0 Å². The van der Waals surface area contributed by atoms with E-state index in [9.17, 15) is 9.59 Å². The van der Waals surface area contributed by atoms with Gasteiger partial charge in [-0.25, -0.2) is 9.97 Å². The first kappa shape index (κ1) is 23.8. The molecule has 34 heavy (non-hydrogen) atoms. The maximum Gasteiger partial charge on any atom is 0.311 e. The minimum atomic E-state index is -0.542. The maximum absolute atomic E-state index is 12.6. The molecule has 1 amide bonds. The van der Waals surface area contributed by atoms with Crippen LogP contribution in [0.5, 0.6) is 0 Å². The number of benzene rings is 2. The van der Waals surface area contributed by atoms with Crippen molar-refractivity contribution in [3.05, 3.63) is 76.2 Å². The number of methoxy groups -OCH3 is 1. The standard InChI is InChI=1S/C26H25N3O3S2/c1-26(2,25(31)32-3)14-13-22-27-15-21(34-22)18-9-11-19(12-10-18)28-23(30)24-29-20(16-33-24)17-7-5-4-6-8-17/h4-12,15-16H,13-14H2,1-3H3,(H,28,30). The summed E-state index contributed by atoms with van der Waals surface area (Å²) in [5.41, 5.74) is 2.96. The minimum Gasteiger partial charge on any atom is -0.469 e. The number of nitrogens with zero attached hydrogens (tertiary/aromatic N) is 2. The molecule has 0 radical (unpaired) electrons. The number of hydrogen-bond acceptors (Lipinski definition) is 7. The number of thiazole rings is 2. The summed E-state index contributed by atoms with van der Waals surface area (Å²) in [6.07, 6.45) is 3.22. The number of hydrogen-bond donors (Lipinski definition) is 1. The minimum absolute atomic E-state index is 0.212. The van der Waals surface area contributed by atoms with Gasteiger partial charge in [0, 0.05) is 29.2 Å². The number of nitrogens with one attached hydrogen (secondary N) is 1. The predicted molar refractivity (Wildman–Crippen MR) is 137 cm³/mol. The van der Waals surface area contributed by atoms with Crippen LogP contribution in [0.25, 0.3) is 21.7 Å². The second-order valence-electron chi connectivity index (χ2n) is 8.43. The molecule has 1 N–H and O–H groups in total. The van der Waals surface area contributed by atoms with E-state index in [0.717, 1.165) is 26.7 Å². The fraction of sp³-hybridized carbons (Fsp3) is 0.231. The summed E-state index contributed by atoms with van der Waals surface area (Å²) in [6.45, 7) is 3.77. The Morgan fingerprint density at radius 1 is 1.03 bits per heavy atom. The molecule has 6 nitrogen and oxygen atoms in total. The van der Waals surface area contributed by atoms with E-state index in [4.69, 9.17) is 4.74 Å². The molecule has 0 unspecified atom stereocenters. The number of amides is 1. The lowest BCUT2D eigenvalue weighted by Gasteiger charge is -2.20. The Hall–Kier alpha value is -3.36. The van der Waals surface area contributed by atoms with Crippen LogP contribution >= 0.6 is 22.7 Å². The lowest BCUT2D eigenvalue weighted by Crippen LogP contribution is -2.26. The SMILES string of the molecule is COC(=O)C(C)(C)CCc1ncc(-c2ccc(NC(=O)c3nc(-c4ccccc4)cs3)cc2)s1. The zero-order valence-electron chi connectivity index (χ0n) is 19.2. The van der Waals surface area contributed by atoms with Crippen LogP contribution in [0.2, 0.25) is 0 Å². The predicted octanol–water partition coefficient (Wildman–Crippen LogP) is 6.32. The van der Waals surface area contributed by atoms with Gasteiger partial charge in [-0.05, 0) is 38.0 Å². The lowest BCUT2D eigenvalue weighted by molar-refractivity contribution is -0.151. The summed E-state index contributed by atoms with van der Waals surface area (Å²) in [4.78, 5) is 34.5. The van der Waals surface area contributed by atoms with Crippen LogP contribution in [0.1, 0.15) is 35.1 Å². The third-order valence-corrected chi connectivity index (χ3v) is 7.40. The summed E-state index contributed by atoms with van der Waals surface area (Å²) >= 11 is 2.93. The molecule has 0 bridgehead atoms. The summed E-state index contributed by atoms with van der Waals surface area (Å²) in [6, 6.07) is 17.5. The number of ether oxygens (including phenoxy) is 1. The van der Waals surface area contributed by atoms with Gasteiger partial charge in [0.2, 0.25) is 0 Å². The fourth-order valence-electron chi connectivity index (χ4n) is 3.38. The van der Waals surface area contributed by atoms with E-state index in [0.29, 0.717) is 23.5 Å². The van der Waals surface area contributed by atoms with Crippen molar-refractivity contribution in [2.45, 2.75) is 26.7 Å². The Kier molecular flexibility index (Phi) is 7.19. The summed E-state index contributed by atoms with van der Waals surface area (Å²) in [5, 5.41) is 6.20. The van der Waals surface area contributed by atoms with Crippen LogP contribution in [-0.2, 0) is 16.0 Å². The Bertz CT molecular complexity index is 1280. The molecule has 0 saturated carbocycles. The Balaban J connectivity index is 1.37. The van der Waals surface area contributed by atoms with Crippen molar-refractivity contribution < 1.29 is 14.3 Å². The van der Waals surface area contributed by atoms with Gasteiger partial charge in [-0.1, -0.05) is 42.5 Å². The zero-order valence-corrected chi connectivity index (χ0v) is 20.8. The van der Waals surface area contributed by atoms with E-state index in [-0.39, 0.29) is 11.9 Å². The van der Waals surface area contributed by atoms with Crippen molar-refractivity contribution in [2.75, 3.05) is 12.4 Å². The molecule has 2 heterocycles. The molecule has 0 saturated heterocycles. The summed E-state index contributed by atoms with van der Waals surface area (Å²) in [7, 11) is 1.41. The van der Waals surface area contributed by atoms with E-state index >= 15 is 0 Å². The fourth-order valence-corrected chi connectivity index (χ4v) is 5.02. The molecule has 174 valence electrons. The molecule has 0 atom stereocenters. The molecule has 0 aliphatic carbocycles. The van der Waals surface area contributed by atoms with Gasteiger partial charge in [-0.3, -0.25) is 9.59 Å². The highest BCUT2D eigenvalue weighted by atomic mass is 32.1. The Labute approximate surface area is 206 Å². The van der Waals surface area contributed by atoms with Crippen molar-refractivity contribution in [1.29, 1.82) is 0 Å². The van der Waals surface area contributed by atoms with Gasteiger partial charge in [0.15, 0.2) is 5.01 Å². The normalized spacial score (nSPS) is 11.3. The van der Waals surface area contributed by atoms with Crippen LogP contribution in [0.3, 0.4) is 0 Å². The average Bonchev–Trinajstić information content (AvgIpc) is 3.54. The molecule has 8 heteroatoms. The van der Waals surface area contributed by atoms with Crippen molar-refractivity contribution in [2.24, 2.45) is 5.41 Å². The number of rotatable bonds is 8. The first-order valence-electron chi connectivity index (χ1n) is 10.8. The van der Waals surface area contributed by atoms with Crippen LogP contribution < -0.4 is 5.32 Å². The largest absolute Gasteiger partial charge is 0.469 e. The van der Waals surface area contributed by atoms with E-state index < -0.39 is 5.41 Å². The second kappa shape index (κ2) is 10.3. The van der Waals surface area contributed by atoms with Gasteiger partial charge >= 0.3 is 5.97 Å². The van der Waals surface area contributed by atoms with E-state index in [1.807, 2.05) is 80.0 Å². The molecule has 4 rings (SSSR count). The summed E-state index contributed by atoms with van der Waals surface area (Å²) < 4.78 is 4.88. The first-order valence-corrected chi connectivity index (χ1v) is 12.5. The van der Waals surface area contributed by atoms with Gasteiger partial charge < -0.3 is 10.1 Å². The third-order valence-electron chi connectivity index (χ3n) is 5.45. The van der Waals surface area contributed by atoms with E-state index in [2.05, 4.69) is 15.3 Å². The summed E-state index contributed by atoms with van der Waals surface area (Å²) in [5.74, 6) is -0.441.